The zero-order valence-electron chi connectivity index (χ0n) is 10.2. The predicted molar refractivity (Wildman–Crippen MR) is 66.3 cm³/mol. The van der Waals surface area contributed by atoms with Gasteiger partial charge < -0.3 is 11.1 Å². The molecule has 1 aliphatic rings. The third-order valence-corrected chi connectivity index (χ3v) is 3.67. The first-order valence-electron chi connectivity index (χ1n) is 6.15. The first-order chi connectivity index (χ1) is 7.70. The molecule has 0 aromatic carbocycles. The van der Waals surface area contributed by atoms with Gasteiger partial charge in [-0.15, -0.1) is 0 Å². The van der Waals surface area contributed by atoms with Gasteiger partial charge in [-0.25, -0.2) is 0 Å². The molecule has 2 atom stereocenters. The molecule has 4 heteroatoms. The van der Waals surface area contributed by atoms with E-state index in [0.29, 0.717) is 5.92 Å². The van der Waals surface area contributed by atoms with Crippen molar-refractivity contribution in [2.45, 2.75) is 26.2 Å². The van der Waals surface area contributed by atoms with Crippen LogP contribution in [-0.2, 0) is 7.05 Å². The first-order valence-corrected chi connectivity index (χ1v) is 6.15. The van der Waals surface area contributed by atoms with Crippen molar-refractivity contribution in [3.8, 4) is 0 Å². The Morgan fingerprint density at radius 1 is 1.50 bits per heavy atom. The van der Waals surface area contributed by atoms with Crippen molar-refractivity contribution < 1.29 is 0 Å². The fourth-order valence-electron chi connectivity index (χ4n) is 2.70. The van der Waals surface area contributed by atoms with E-state index in [2.05, 4.69) is 16.5 Å². The van der Waals surface area contributed by atoms with E-state index in [4.69, 9.17) is 5.73 Å². The van der Waals surface area contributed by atoms with Gasteiger partial charge in [0.15, 0.2) is 0 Å². The molecule has 0 spiro atoms. The third kappa shape index (κ3) is 2.38. The highest BCUT2D eigenvalue weighted by atomic mass is 15.3. The van der Waals surface area contributed by atoms with Gasteiger partial charge in [-0.05, 0) is 38.1 Å². The highest BCUT2D eigenvalue weighted by molar-refractivity contribution is 5.36. The molecule has 0 radical (unpaired) electrons. The van der Waals surface area contributed by atoms with Gasteiger partial charge in [0.2, 0.25) is 0 Å². The molecule has 1 aromatic rings. The summed E-state index contributed by atoms with van der Waals surface area (Å²) in [5.74, 6) is 2.56. The van der Waals surface area contributed by atoms with Gasteiger partial charge in [-0.2, -0.15) is 5.10 Å². The van der Waals surface area contributed by atoms with E-state index >= 15 is 0 Å². The van der Waals surface area contributed by atoms with Crippen LogP contribution < -0.4 is 11.1 Å². The van der Waals surface area contributed by atoms with Crippen LogP contribution in [0.4, 0.5) is 5.82 Å². The number of anilines is 1. The van der Waals surface area contributed by atoms with E-state index in [1.807, 2.05) is 18.7 Å². The van der Waals surface area contributed by atoms with Crippen LogP contribution in [0.25, 0.3) is 0 Å². The molecule has 0 bridgehead atoms. The zero-order valence-corrected chi connectivity index (χ0v) is 10.2. The summed E-state index contributed by atoms with van der Waals surface area (Å²) in [6, 6.07) is 2.09. The van der Waals surface area contributed by atoms with E-state index in [1.54, 1.807) is 0 Å². The fourth-order valence-corrected chi connectivity index (χ4v) is 2.70. The SMILES string of the molecule is Cc1cc(NCC2CCCC2CN)n(C)n1. The Balaban J connectivity index is 1.89. The Morgan fingerprint density at radius 3 is 2.88 bits per heavy atom. The average Bonchev–Trinajstić information content (AvgIpc) is 2.81. The van der Waals surface area contributed by atoms with Crippen molar-refractivity contribution in [1.29, 1.82) is 0 Å². The molecular formula is C12H22N4. The van der Waals surface area contributed by atoms with E-state index in [0.717, 1.165) is 30.5 Å². The molecular weight excluding hydrogens is 200 g/mol. The molecule has 1 saturated carbocycles. The number of nitrogens with zero attached hydrogens (tertiary/aromatic N) is 2. The lowest BCUT2D eigenvalue weighted by Gasteiger charge is -2.18. The molecule has 0 aliphatic heterocycles. The molecule has 2 unspecified atom stereocenters. The number of aromatic nitrogens is 2. The second kappa shape index (κ2) is 4.87. The Bertz CT molecular complexity index is 345. The Labute approximate surface area is 97.2 Å². The fraction of sp³-hybridized carbons (Fsp3) is 0.750. The van der Waals surface area contributed by atoms with Crippen LogP contribution in [0, 0.1) is 18.8 Å². The number of aryl methyl sites for hydroxylation is 2. The molecule has 2 rings (SSSR count). The monoisotopic (exact) mass is 222 g/mol. The minimum absolute atomic E-state index is 0.710. The van der Waals surface area contributed by atoms with Crippen LogP contribution in [-0.4, -0.2) is 22.9 Å². The molecule has 3 N–H and O–H groups in total. The quantitative estimate of drug-likeness (QED) is 0.812. The van der Waals surface area contributed by atoms with Crippen molar-refractivity contribution in [3.05, 3.63) is 11.8 Å². The Kier molecular flexibility index (Phi) is 3.49. The maximum atomic E-state index is 5.78. The standard InChI is InChI=1S/C12H22N4/c1-9-6-12(16(2)15-9)14-8-11-5-3-4-10(11)7-13/h6,10-11,14H,3-5,7-8,13H2,1-2H3. The van der Waals surface area contributed by atoms with Gasteiger partial charge in [-0.1, -0.05) is 6.42 Å². The lowest BCUT2D eigenvalue weighted by Crippen LogP contribution is -2.24. The lowest BCUT2D eigenvalue weighted by atomic mass is 9.96. The van der Waals surface area contributed by atoms with Gasteiger partial charge in [0.25, 0.3) is 0 Å². The van der Waals surface area contributed by atoms with Crippen molar-refractivity contribution in [1.82, 2.24) is 9.78 Å². The summed E-state index contributed by atoms with van der Waals surface area (Å²) in [6.07, 6.45) is 3.94. The van der Waals surface area contributed by atoms with Gasteiger partial charge in [0.1, 0.15) is 5.82 Å². The number of nitrogens with two attached hydrogens (primary N) is 1. The summed E-state index contributed by atoms with van der Waals surface area (Å²) in [7, 11) is 1.98. The summed E-state index contributed by atoms with van der Waals surface area (Å²) in [4.78, 5) is 0. The first kappa shape index (κ1) is 11.5. The van der Waals surface area contributed by atoms with Crippen molar-refractivity contribution in [2.75, 3.05) is 18.4 Å². The minimum atomic E-state index is 0.710. The second-order valence-electron chi connectivity index (χ2n) is 4.86. The number of hydrogen-bond donors (Lipinski definition) is 2. The predicted octanol–water partition coefficient (Wildman–Crippen LogP) is 1.52. The largest absolute Gasteiger partial charge is 0.370 e. The van der Waals surface area contributed by atoms with Crippen LogP contribution in [0.1, 0.15) is 25.0 Å². The maximum absolute atomic E-state index is 5.78. The molecule has 1 fully saturated rings. The molecule has 0 amide bonds. The topological polar surface area (TPSA) is 55.9 Å². The zero-order chi connectivity index (χ0) is 11.5. The van der Waals surface area contributed by atoms with Crippen molar-refractivity contribution in [3.63, 3.8) is 0 Å². The number of hydrogen-bond acceptors (Lipinski definition) is 3. The minimum Gasteiger partial charge on any atom is -0.370 e. The molecule has 0 saturated heterocycles. The summed E-state index contributed by atoms with van der Waals surface area (Å²) in [5.41, 5.74) is 6.84. The van der Waals surface area contributed by atoms with Gasteiger partial charge in [-0.3, -0.25) is 4.68 Å². The number of rotatable bonds is 4. The molecule has 4 nitrogen and oxygen atoms in total. The molecule has 90 valence electrons. The molecule has 16 heavy (non-hydrogen) atoms. The average molecular weight is 222 g/mol. The Morgan fingerprint density at radius 2 is 2.25 bits per heavy atom. The second-order valence-corrected chi connectivity index (χ2v) is 4.86. The number of nitrogens with one attached hydrogen (secondary N) is 1. The normalized spacial score (nSPS) is 24.9. The van der Waals surface area contributed by atoms with Crippen LogP contribution >= 0.6 is 0 Å². The van der Waals surface area contributed by atoms with Crippen LogP contribution in [0.5, 0.6) is 0 Å². The third-order valence-electron chi connectivity index (χ3n) is 3.67. The van der Waals surface area contributed by atoms with E-state index in [9.17, 15) is 0 Å². The summed E-state index contributed by atoms with van der Waals surface area (Å²) in [5, 5.41) is 7.81. The van der Waals surface area contributed by atoms with Crippen LogP contribution in [0.15, 0.2) is 6.07 Å². The summed E-state index contributed by atoms with van der Waals surface area (Å²) < 4.78 is 1.90. The van der Waals surface area contributed by atoms with E-state index < -0.39 is 0 Å². The van der Waals surface area contributed by atoms with E-state index in [1.165, 1.54) is 19.3 Å². The van der Waals surface area contributed by atoms with Crippen LogP contribution in [0.2, 0.25) is 0 Å². The van der Waals surface area contributed by atoms with Crippen LogP contribution in [0.3, 0.4) is 0 Å². The highest BCUT2D eigenvalue weighted by Crippen LogP contribution is 2.30. The summed E-state index contributed by atoms with van der Waals surface area (Å²) >= 11 is 0. The lowest BCUT2D eigenvalue weighted by molar-refractivity contribution is 0.413. The summed E-state index contributed by atoms with van der Waals surface area (Å²) in [6.45, 7) is 3.88. The molecule has 1 heterocycles. The highest BCUT2D eigenvalue weighted by Gasteiger charge is 2.25. The van der Waals surface area contributed by atoms with Crippen molar-refractivity contribution >= 4 is 5.82 Å². The van der Waals surface area contributed by atoms with Gasteiger partial charge >= 0.3 is 0 Å². The van der Waals surface area contributed by atoms with Crippen molar-refractivity contribution in [2.24, 2.45) is 24.6 Å². The van der Waals surface area contributed by atoms with Gasteiger partial charge in [0.05, 0.1) is 5.69 Å². The van der Waals surface area contributed by atoms with Gasteiger partial charge in [0, 0.05) is 19.7 Å². The maximum Gasteiger partial charge on any atom is 0.124 e. The Hall–Kier alpha value is -1.03. The van der Waals surface area contributed by atoms with E-state index in [-0.39, 0.29) is 0 Å². The smallest absolute Gasteiger partial charge is 0.124 e. The molecule has 1 aliphatic carbocycles. The molecule has 1 aromatic heterocycles.